The van der Waals surface area contributed by atoms with Crippen LogP contribution in [0.2, 0.25) is 0 Å². The second-order valence-corrected chi connectivity index (χ2v) is 34.3. The fourth-order valence-corrected chi connectivity index (χ4v) is 17.8. The molecule has 0 aliphatic carbocycles. The Labute approximate surface area is 783 Å². The van der Waals surface area contributed by atoms with Crippen molar-refractivity contribution >= 4 is 53.9 Å². The van der Waals surface area contributed by atoms with Gasteiger partial charge in [0.15, 0.2) is 28.5 Å². The molecule has 21 rings (SSSR count). The number of aryl methyl sites for hydroxylation is 6. The zero-order valence-corrected chi connectivity index (χ0v) is 78.0. The van der Waals surface area contributed by atoms with E-state index in [0.717, 1.165) is 183 Å². The van der Waals surface area contributed by atoms with Crippen LogP contribution in [0.1, 0.15) is 68.7 Å². The molecule has 0 amide bonds. The molecular weight excluding hydrogens is 1610 g/mol. The first-order chi connectivity index (χ1) is 66.2. The number of benzene rings is 11. The standard InChI is InChI=1S/C29H25N2.C24H23N2.3C23H21N2/c1-20-11-12-24(25-10-7-15-30-19-25)18-28(20)29-27-14-13-23(22-8-5-4-6-9-22)17-26(27)16-21(2)31(29)3;1-16-7-8-17(2)23(12-16)24-22-10-9-19(20-6-5-11-25-15-20)14-21(22)13-18(3)26(24)4;1-16-7-4-5-9-21(16)23-22-11-10-18(19-8-6-12-24-15-19)14-20(22)13-17(2)25(23)3;1-16-15-24-12-11-21(16)23-22-10-9-19(18-7-5-4-6-8-18)14-20(22)13-17(2)25(23)3;1-16-11-12-24-15-22(16)23-21-10-9-19(18-7-5-4-6-8-18)14-20(21)13-17(2)25(23)3/h4-19H,1-3H3;5-15H,1-4H3;3*4-15H,1-3H3/q5*+1/i16D;4*13D. The number of rotatable bonds is 11. The molecule has 0 aliphatic heterocycles. The summed E-state index contributed by atoms with van der Waals surface area (Å²) in [4.78, 5) is 21.3. The molecule has 0 spiro atoms. The van der Waals surface area contributed by atoms with Gasteiger partial charge in [-0.05, 0) is 256 Å². The van der Waals surface area contributed by atoms with Crippen molar-refractivity contribution in [3.05, 3.63) is 445 Å². The lowest BCUT2D eigenvalue weighted by atomic mass is 9.93. The van der Waals surface area contributed by atoms with Crippen LogP contribution in [0.4, 0.5) is 0 Å². The van der Waals surface area contributed by atoms with Crippen LogP contribution >= 0.6 is 0 Å². The monoisotopic (exact) mass is 1720 g/mol. The van der Waals surface area contributed by atoms with E-state index >= 15 is 0 Å². The van der Waals surface area contributed by atoms with E-state index in [0.29, 0.717) is 30.2 Å². The summed E-state index contributed by atoms with van der Waals surface area (Å²) in [6.07, 6.45) is 18.4. The first-order valence-corrected chi connectivity index (χ1v) is 44.8. The van der Waals surface area contributed by atoms with E-state index in [1.165, 1.54) is 55.6 Å². The minimum Gasteiger partial charge on any atom is -0.264 e. The second kappa shape index (κ2) is 39.0. The largest absolute Gasteiger partial charge is 0.264 e. The van der Waals surface area contributed by atoms with Crippen LogP contribution in [0.5, 0.6) is 0 Å². The molecule has 10 heteroatoms. The van der Waals surface area contributed by atoms with E-state index in [9.17, 15) is 0 Å². The van der Waals surface area contributed by atoms with E-state index < -0.39 is 0 Å². The highest BCUT2D eigenvalue weighted by molar-refractivity contribution is 6.01. The van der Waals surface area contributed by atoms with Gasteiger partial charge in [0.2, 0.25) is 28.5 Å². The minimum absolute atomic E-state index is 0.574. The van der Waals surface area contributed by atoms with E-state index in [1.807, 2.05) is 166 Å². The topological polar surface area (TPSA) is 83.9 Å². The maximum absolute atomic E-state index is 8.85. The third-order valence-electron chi connectivity index (χ3n) is 25.6. The number of fused-ring (bicyclic) bond motifs is 5. The van der Waals surface area contributed by atoms with Crippen LogP contribution < -0.4 is 22.8 Å². The van der Waals surface area contributed by atoms with Crippen molar-refractivity contribution in [2.24, 2.45) is 35.2 Å². The van der Waals surface area contributed by atoms with Gasteiger partial charge in [-0.25, -0.2) is 0 Å². The highest BCUT2D eigenvalue weighted by atomic mass is 15.0. The van der Waals surface area contributed by atoms with Crippen LogP contribution in [0.15, 0.2) is 383 Å². The third-order valence-corrected chi connectivity index (χ3v) is 25.6. The summed E-state index contributed by atoms with van der Waals surface area (Å²) in [5.74, 6) is 0. The molecular formula is C122H111N10+5. The molecule has 21 aromatic rings. The van der Waals surface area contributed by atoms with Gasteiger partial charge in [0.1, 0.15) is 35.2 Å². The second-order valence-electron chi connectivity index (χ2n) is 34.3. The van der Waals surface area contributed by atoms with Crippen molar-refractivity contribution in [2.75, 3.05) is 0 Å². The molecule has 0 fully saturated rings. The molecule has 10 nitrogen and oxygen atoms in total. The highest BCUT2D eigenvalue weighted by Gasteiger charge is 2.27. The molecule has 644 valence electrons. The molecule has 0 N–H and O–H groups in total. The summed E-state index contributed by atoms with van der Waals surface area (Å²) in [7, 11) is 10.2. The number of aromatic nitrogens is 10. The Bertz CT molecular complexity index is 7750. The molecule has 10 aromatic heterocycles. The molecule has 0 bridgehead atoms. The van der Waals surface area contributed by atoms with Crippen LogP contribution in [0, 0.1) is 76.2 Å². The van der Waals surface area contributed by atoms with Gasteiger partial charge in [0.05, 0.1) is 50.5 Å². The van der Waals surface area contributed by atoms with Gasteiger partial charge in [0, 0.05) is 155 Å². The Balaban J connectivity index is 0.000000119. The maximum atomic E-state index is 8.85. The van der Waals surface area contributed by atoms with Crippen molar-refractivity contribution in [3.8, 4) is 123 Å². The number of hydrogen-bond donors (Lipinski definition) is 0. The Morgan fingerprint density at radius 3 is 0.818 bits per heavy atom. The lowest BCUT2D eigenvalue weighted by Crippen LogP contribution is -2.35. The van der Waals surface area contributed by atoms with Gasteiger partial charge in [0.25, 0.3) is 0 Å². The Morgan fingerprint density at radius 1 is 0.189 bits per heavy atom. The Morgan fingerprint density at radius 2 is 0.462 bits per heavy atom. The number of hydrogen-bond acceptors (Lipinski definition) is 5. The summed E-state index contributed by atoms with van der Waals surface area (Å²) in [5, 5.41) is 10.4. The lowest BCUT2D eigenvalue weighted by Gasteiger charge is -2.13. The molecule has 0 saturated carbocycles. The smallest absolute Gasteiger partial charge is 0.222 e. The van der Waals surface area contributed by atoms with Crippen molar-refractivity contribution in [3.63, 3.8) is 0 Å². The van der Waals surface area contributed by atoms with Gasteiger partial charge < -0.3 is 0 Å². The average Bonchev–Trinajstić information content (AvgIpc) is 0.786. The van der Waals surface area contributed by atoms with E-state index in [2.05, 4.69) is 328 Å². The van der Waals surface area contributed by atoms with Crippen molar-refractivity contribution in [1.29, 1.82) is 0 Å². The van der Waals surface area contributed by atoms with Gasteiger partial charge in [-0.15, -0.1) is 0 Å². The van der Waals surface area contributed by atoms with Gasteiger partial charge in [-0.1, -0.05) is 188 Å². The molecule has 132 heavy (non-hydrogen) atoms. The maximum Gasteiger partial charge on any atom is 0.222 e. The van der Waals surface area contributed by atoms with E-state index in [1.54, 1.807) is 18.6 Å². The average molecular weight is 1720 g/mol. The molecule has 0 atom stereocenters. The van der Waals surface area contributed by atoms with Crippen LogP contribution in [-0.4, -0.2) is 24.9 Å². The Kier molecular flexibility index (Phi) is 24.2. The van der Waals surface area contributed by atoms with Gasteiger partial charge >= 0.3 is 0 Å². The number of pyridine rings is 10. The van der Waals surface area contributed by atoms with E-state index in [-0.39, 0.29) is 0 Å². The molecule has 0 radical (unpaired) electrons. The normalized spacial score (nSPS) is 11.6. The van der Waals surface area contributed by atoms with Crippen LogP contribution in [0.25, 0.3) is 177 Å². The fourth-order valence-electron chi connectivity index (χ4n) is 17.8. The molecule has 0 unspecified atom stereocenters. The van der Waals surface area contributed by atoms with Crippen molar-refractivity contribution < 1.29 is 29.7 Å². The van der Waals surface area contributed by atoms with Crippen molar-refractivity contribution in [1.82, 2.24) is 24.9 Å². The number of nitrogens with zero attached hydrogens (tertiary/aromatic N) is 10. The summed E-state index contributed by atoms with van der Waals surface area (Å²) >= 11 is 0. The zero-order valence-electron chi connectivity index (χ0n) is 83.0. The quantitative estimate of drug-likeness (QED) is 0.121. The van der Waals surface area contributed by atoms with Crippen LogP contribution in [0.3, 0.4) is 0 Å². The van der Waals surface area contributed by atoms with Gasteiger partial charge in [-0.3, -0.25) is 24.9 Å². The predicted octanol–water partition coefficient (Wildman–Crippen LogP) is 27.0. The molecule has 0 saturated heterocycles. The SMILES string of the molecule is [2H]c1c(C)[n+](C)c(-c2cc(-c3cccnc3)ccc2C)c2ccc(-c3ccccc3)cc12.[2H]c1c(C)[n+](C)c(-c2cc(C)ccc2C)c2ccc(-c3cccnc3)cc12.[2H]c1c(C)[n+](C)c(-c2ccccc2C)c2ccc(-c3cccnc3)cc12.[2H]c1c(C)[n+](C)c(-c2ccncc2C)c2ccc(-c3ccccc3)cc12.[2H]c1c(C)[n+](C)c(-c2cnccc2C)c2ccc(-c3ccccc3)cc12. The van der Waals surface area contributed by atoms with Crippen LogP contribution in [-0.2, 0) is 35.2 Å². The summed E-state index contributed by atoms with van der Waals surface area (Å²) in [6, 6.07) is 104. The zero-order chi connectivity index (χ0) is 96.1. The van der Waals surface area contributed by atoms with Crippen molar-refractivity contribution in [2.45, 2.75) is 76.2 Å². The lowest BCUT2D eigenvalue weighted by molar-refractivity contribution is -0.665. The minimum atomic E-state index is 0.574. The third kappa shape index (κ3) is 18.6. The van der Waals surface area contributed by atoms with E-state index in [4.69, 9.17) is 6.85 Å². The molecule has 0 aliphatic rings. The van der Waals surface area contributed by atoms with Gasteiger partial charge in [-0.2, -0.15) is 22.8 Å². The molecule has 11 aromatic carbocycles. The summed E-state index contributed by atoms with van der Waals surface area (Å²) < 4.78 is 54.2. The first-order valence-electron chi connectivity index (χ1n) is 47.3. The summed E-state index contributed by atoms with van der Waals surface area (Å²) in [5.41, 5.74) is 37.0. The predicted molar refractivity (Wildman–Crippen MR) is 546 cm³/mol. The first kappa shape index (κ1) is 81.9. The highest BCUT2D eigenvalue weighted by Crippen LogP contribution is 2.40. The molecule has 10 heterocycles. The Hall–Kier alpha value is -15.8. The fraction of sp³-hybridized carbons (Fsp3) is 0.131. The summed E-state index contributed by atoms with van der Waals surface area (Å²) in [6.45, 7) is 22.8.